The summed E-state index contributed by atoms with van der Waals surface area (Å²) in [4.78, 5) is 2.34. The monoisotopic (exact) mass is 292 g/mol. The lowest BCUT2D eigenvalue weighted by Gasteiger charge is -2.25. The lowest BCUT2D eigenvalue weighted by Crippen LogP contribution is -2.35. The number of hydrogen-bond donors (Lipinski definition) is 1. The predicted molar refractivity (Wildman–Crippen MR) is 90.8 cm³/mol. The zero-order valence-electron chi connectivity index (χ0n) is 14.4. The second-order valence-corrected chi connectivity index (χ2v) is 5.89. The highest BCUT2D eigenvalue weighted by Crippen LogP contribution is 2.15. The van der Waals surface area contributed by atoms with E-state index in [2.05, 4.69) is 69.2 Å². The normalized spacial score (nSPS) is 13.1. The van der Waals surface area contributed by atoms with E-state index in [0.717, 1.165) is 32.7 Å². The fraction of sp³-hybridized carbons (Fsp3) is 0.667. The molecule has 0 heterocycles. The van der Waals surface area contributed by atoms with Crippen LogP contribution in [0.15, 0.2) is 24.3 Å². The highest BCUT2D eigenvalue weighted by molar-refractivity contribution is 5.25. The minimum Gasteiger partial charge on any atom is -0.377 e. The summed E-state index contributed by atoms with van der Waals surface area (Å²) in [5.74, 6) is 0. The Kier molecular flexibility index (Phi) is 8.58. The smallest absolute Gasteiger partial charge is 0.0596 e. The minimum absolute atomic E-state index is 0.310. The van der Waals surface area contributed by atoms with Gasteiger partial charge < -0.3 is 15.0 Å². The molecule has 1 rings (SSSR count). The molecule has 0 fully saturated rings. The molecule has 21 heavy (non-hydrogen) atoms. The topological polar surface area (TPSA) is 24.5 Å². The first-order valence-corrected chi connectivity index (χ1v) is 8.19. The van der Waals surface area contributed by atoms with Gasteiger partial charge in [-0.3, -0.25) is 0 Å². The maximum absolute atomic E-state index is 5.63. The molecule has 1 N–H and O–H groups in total. The maximum atomic E-state index is 5.63. The van der Waals surface area contributed by atoms with Gasteiger partial charge in [-0.05, 0) is 45.0 Å². The van der Waals surface area contributed by atoms with Gasteiger partial charge in [0.1, 0.15) is 0 Å². The van der Waals surface area contributed by atoms with Gasteiger partial charge >= 0.3 is 0 Å². The van der Waals surface area contributed by atoms with E-state index in [9.17, 15) is 0 Å². The third-order valence-electron chi connectivity index (χ3n) is 3.66. The van der Waals surface area contributed by atoms with Gasteiger partial charge in [0.2, 0.25) is 0 Å². The van der Waals surface area contributed by atoms with E-state index in [4.69, 9.17) is 4.74 Å². The van der Waals surface area contributed by atoms with Crippen LogP contribution in [0.3, 0.4) is 0 Å². The van der Waals surface area contributed by atoms with Crippen LogP contribution in [0.25, 0.3) is 0 Å². The Bertz CT molecular complexity index is 375. The molecule has 1 atom stereocenters. The molecule has 0 spiro atoms. The average molecular weight is 292 g/mol. The van der Waals surface area contributed by atoms with E-state index in [1.54, 1.807) is 0 Å². The summed E-state index contributed by atoms with van der Waals surface area (Å²) in [7, 11) is 2.16. The molecule has 120 valence electrons. The number of rotatable bonds is 10. The van der Waals surface area contributed by atoms with Gasteiger partial charge in [-0.15, -0.1) is 0 Å². The van der Waals surface area contributed by atoms with Crippen molar-refractivity contribution in [3.8, 4) is 0 Å². The number of likely N-dealkylation sites (N-methyl/N-ethyl adjacent to an activating group) is 2. The van der Waals surface area contributed by atoms with Gasteiger partial charge in [0, 0.05) is 19.1 Å². The van der Waals surface area contributed by atoms with E-state index in [1.807, 2.05) is 0 Å². The molecule has 3 heteroatoms. The van der Waals surface area contributed by atoms with Crippen LogP contribution in [0.5, 0.6) is 0 Å². The first-order valence-electron chi connectivity index (χ1n) is 8.19. The molecule has 3 nitrogen and oxygen atoms in total. The Morgan fingerprint density at radius 1 is 1.14 bits per heavy atom. The lowest BCUT2D eigenvalue weighted by molar-refractivity contribution is 0.0623. The van der Waals surface area contributed by atoms with Crippen molar-refractivity contribution in [3.63, 3.8) is 0 Å². The van der Waals surface area contributed by atoms with Gasteiger partial charge in [0.15, 0.2) is 0 Å². The number of nitrogens with one attached hydrogen (secondary N) is 1. The number of ether oxygens (including phenoxy) is 1. The summed E-state index contributed by atoms with van der Waals surface area (Å²) in [6.45, 7) is 12.3. The zero-order chi connectivity index (χ0) is 15.7. The molecular formula is C18H32N2O. The Morgan fingerprint density at radius 2 is 1.81 bits per heavy atom. The SMILES string of the molecule is CCNC(CN(C)CCOC(C)C)c1ccc(CC)cc1. The summed E-state index contributed by atoms with van der Waals surface area (Å²) in [5.41, 5.74) is 2.76. The van der Waals surface area contributed by atoms with Gasteiger partial charge in [-0.25, -0.2) is 0 Å². The Labute approximate surface area is 130 Å². The van der Waals surface area contributed by atoms with Crippen LogP contribution in [0, 0.1) is 0 Å². The third-order valence-corrected chi connectivity index (χ3v) is 3.66. The summed E-state index contributed by atoms with van der Waals surface area (Å²) in [5, 5.41) is 3.58. The largest absolute Gasteiger partial charge is 0.377 e. The molecule has 0 aliphatic carbocycles. The highest BCUT2D eigenvalue weighted by atomic mass is 16.5. The van der Waals surface area contributed by atoms with Crippen molar-refractivity contribution >= 4 is 0 Å². The quantitative estimate of drug-likeness (QED) is 0.716. The van der Waals surface area contributed by atoms with Crippen molar-refractivity contribution in [2.24, 2.45) is 0 Å². The van der Waals surface area contributed by atoms with Crippen LogP contribution in [0.1, 0.15) is 44.9 Å². The Hall–Kier alpha value is -0.900. The minimum atomic E-state index is 0.310. The molecule has 0 aliphatic rings. The molecule has 0 aromatic heterocycles. The molecule has 0 aliphatic heterocycles. The van der Waals surface area contributed by atoms with Crippen molar-refractivity contribution in [1.29, 1.82) is 0 Å². The van der Waals surface area contributed by atoms with Crippen LogP contribution in [-0.4, -0.2) is 44.3 Å². The van der Waals surface area contributed by atoms with E-state index in [-0.39, 0.29) is 0 Å². The lowest BCUT2D eigenvalue weighted by atomic mass is 10.0. The first-order chi connectivity index (χ1) is 10.1. The van der Waals surface area contributed by atoms with Gasteiger partial charge in [0.25, 0.3) is 0 Å². The second kappa shape index (κ2) is 9.93. The predicted octanol–water partition coefficient (Wildman–Crippen LogP) is 3.26. The van der Waals surface area contributed by atoms with E-state index in [1.165, 1.54) is 11.1 Å². The molecule has 0 saturated carbocycles. The van der Waals surface area contributed by atoms with Crippen molar-refractivity contribution in [3.05, 3.63) is 35.4 Å². The molecule has 0 saturated heterocycles. The van der Waals surface area contributed by atoms with Gasteiger partial charge in [-0.1, -0.05) is 38.1 Å². The molecule has 0 radical (unpaired) electrons. The number of nitrogens with zero attached hydrogens (tertiary/aromatic N) is 1. The van der Waals surface area contributed by atoms with Gasteiger partial charge in [-0.2, -0.15) is 0 Å². The fourth-order valence-electron chi connectivity index (χ4n) is 2.37. The van der Waals surface area contributed by atoms with Gasteiger partial charge in [0.05, 0.1) is 12.7 Å². The molecular weight excluding hydrogens is 260 g/mol. The van der Waals surface area contributed by atoms with Crippen molar-refractivity contribution in [2.45, 2.75) is 46.3 Å². The van der Waals surface area contributed by atoms with E-state index < -0.39 is 0 Å². The Morgan fingerprint density at radius 3 is 2.33 bits per heavy atom. The zero-order valence-corrected chi connectivity index (χ0v) is 14.4. The highest BCUT2D eigenvalue weighted by Gasteiger charge is 2.13. The van der Waals surface area contributed by atoms with Crippen LogP contribution >= 0.6 is 0 Å². The standard InChI is InChI=1S/C18H32N2O/c1-6-16-8-10-17(11-9-16)18(19-7-2)14-20(5)12-13-21-15(3)4/h8-11,15,18-19H,6-7,12-14H2,1-5H3. The molecule has 1 aromatic carbocycles. The summed E-state index contributed by atoms with van der Waals surface area (Å²) in [6, 6.07) is 9.36. The second-order valence-electron chi connectivity index (χ2n) is 5.89. The number of aryl methyl sites for hydroxylation is 1. The van der Waals surface area contributed by atoms with Crippen molar-refractivity contribution < 1.29 is 4.74 Å². The third kappa shape index (κ3) is 7.07. The van der Waals surface area contributed by atoms with Crippen molar-refractivity contribution in [2.75, 3.05) is 33.3 Å². The fourth-order valence-corrected chi connectivity index (χ4v) is 2.37. The number of hydrogen-bond acceptors (Lipinski definition) is 3. The van der Waals surface area contributed by atoms with Crippen molar-refractivity contribution in [1.82, 2.24) is 10.2 Å². The number of benzene rings is 1. The van der Waals surface area contributed by atoms with Crippen LogP contribution in [0.2, 0.25) is 0 Å². The summed E-state index contributed by atoms with van der Waals surface area (Å²) < 4.78 is 5.63. The summed E-state index contributed by atoms with van der Waals surface area (Å²) in [6.07, 6.45) is 1.41. The van der Waals surface area contributed by atoms with Crippen LogP contribution < -0.4 is 5.32 Å². The van der Waals surface area contributed by atoms with E-state index >= 15 is 0 Å². The summed E-state index contributed by atoms with van der Waals surface area (Å²) >= 11 is 0. The maximum Gasteiger partial charge on any atom is 0.0596 e. The molecule has 0 bridgehead atoms. The van der Waals surface area contributed by atoms with Crippen LogP contribution in [-0.2, 0) is 11.2 Å². The Balaban J connectivity index is 2.55. The first kappa shape index (κ1) is 18.1. The molecule has 1 aromatic rings. The molecule has 0 amide bonds. The van der Waals surface area contributed by atoms with E-state index in [0.29, 0.717) is 12.1 Å². The van der Waals surface area contributed by atoms with Crippen LogP contribution in [0.4, 0.5) is 0 Å². The molecule has 1 unspecified atom stereocenters. The average Bonchev–Trinajstić information content (AvgIpc) is 2.46.